The zero-order valence-electron chi connectivity index (χ0n) is 11.5. The van der Waals surface area contributed by atoms with Crippen molar-refractivity contribution < 1.29 is 0 Å². The Morgan fingerprint density at radius 1 is 1.35 bits per heavy atom. The van der Waals surface area contributed by atoms with Crippen LogP contribution in [0.4, 0.5) is 0 Å². The molecule has 0 spiro atoms. The molecule has 3 N–H and O–H groups in total. The SMILES string of the molecule is CCC(C)NC(N)=NCCCCC1CCCC1. The molecule has 0 bridgehead atoms. The molecule has 0 aromatic heterocycles. The van der Waals surface area contributed by atoms with Crippen LogP contribution in [0.25, 0.3) is 0 Å². The predicted octanol–water partition coefficient (Wildman–Crippen LogP) is 3.05. The maximum atomic E-state index is 5.79. The van der Waals surface area contributed by atoms with Crippen LogP contribution in [0.5, 0.6) is 0 Å². The summed E-state index contributed by atoms with van der Waals surface area (Å²) >= 11 is 0. The number of rotatable bonds is 7. The minimum atomic E-state index is 0.428. The summed E-state index contributed by atoms with van der Waals surface area (Å²) in [5.41, 5.74) is 5.79. The van der Waals surface area contributed by atoms with Gasteiger partial charge >= 0.3 is 0 Å². The summed E-state index contributed by atoms with van der Waals surface area (Å²) in [4.78, 5) is 4.36. The van der Waals surface area contributed by atoms with Gasteiger partial charge in [-0.1, -0.05) is 45.4 Å². The van der Waals surface area contributed by atoms with Crippen molar-refractivity contribution in [1.29, 1.82) is 0 Å². The molecular weight excluding hydrogens is 210 g/mol. The molecule has 100 valence electrons. The average Bonchev–Trinajstić information content (AvgIpc) is 2.81. The summed E-state index contributed by atoms with van der Waals surface area (Å²) in [6, 6.07) is 0.428. The van der Waals surface area contributed by atoms with Crippen LogP contribution < -0.4 is 11.1 Å². The van der Waals surface area contributed by atoms with Crippen molar-refractivity contribution in [3.8, 4) is 0 Å². The van der Waals surface area contributed by atoms with E-state index in [2.05, 4.69) is 24.2 Å². The third kappa shape index (κ3) is 6.54. The third-order valence-corrected chi connectivity index (χ3v) is 3.78. The first-order valence-electron chi connectivity index (χ1n) is 7.28. The standard InChI is InChI=1S/C14H29N3/c1-3-12(2)17-14(15)16-11-7-6-10-13-8-4-5-9-13/h12-13H,3-11H2,1-2H3,(H3,15,16,17). The molecule has 0 saturated heterocycles. The highest BCUT2D eigenvalue weighted by Gasteiger charge is 2.13. The Bertz CT molecular complexity index is 220. The van der Waals surface area contributed by atoms with Crippen molar-refractivity contribution in [3.05, 3.63) is 0 Å². The van der Waals surface area contributed by atoms with Crippen molar-refractivity contribution in [3.63, 3.8) is 0 Å². The van der Waals surface area contributed by atoms with Gasteiger partial charge in [-0.2, -0.15) is 0 Å². The van der Waals surface area contributed by atoms with Gasteiger partial charge in [0, 0.05) is 12.6 Å². The van der Waals surface area contributed by atoms with Crippen LogP contribution in [-0.4, -0.2) is 18.5 Å². The van der Waals surface area contributed by atoms with Crippen LogP contribution >= 0.6 is 0 Å². The number of hydrogen-bond acceptors (Lipinski definition) is 1. The summed E-state index contributed by atoms with van der Waals surface area (Å²) in [5, 5.41) is 3.19. The smallest absolute Gasteiger partial charge is 0.188 e. The molecule has 0 amide bonds. The zero-order valence-corrected chi connectivity index (χ0v) is 11.5. The van der Waals surface area contributed by atoms with Crippen molar-refractivity contribution in [2.45, 2.75) is 71.3 Å². The quantitative estimate of drug-likeness (QED) is 0.407. The molecule has 3 nitrogen and oxygen atoms in total. The van der Waals surface area contributed by atoms with Crippen LogP contribution in [0, 0.1) is 5.92 Å². The van der Waals surface area contributed by atoms with Crippen molar-refractivity contribution in [2.75, 3.05) is 6.54 Å². The molecule has 0 aromatic carbocycles. The van der Waals surface area contributed by atoms with E-state index in [0.29, 0.717) is 12.0 Å². The van der Waals surface area contributed by atoms with E-state index < -0.39 is 0 Å². The summed E-state index contributed by atoms with van der Waals surface area (Å²) in [6.45, 7) is 5.15. The fourth-order valence-corrected chi connectivity index (χ4v) is 2.44. The minimum Gasteiger partial charge on any atom is -0.370 e. The molecule has 0 radical (unpaired) electrons. The summed E-state index contributed by atoms with van der Waals surface area (Å²) in [6.07, 6.45) is 10.8. The van der Waals surface area contributed by atoms with Gasteiger partial charge in [0.2, 0.25) is 0 Å². The number of hydrogen-bond donors (Lipinski definition) is 2. The van der Waals surface area contributed by atoms with Crippen LogP contribution in [0.1, 0.15) is 65.2 Å². The molecule has 17 heavy (non-hydrogen) atoms. The lowest BCUT2D eigenvalue weighted by Crippen LogP contribution is -2.38. The van der Waals surface area contributed by atoms with Gasteiger partial charge in [0.25, 0.3) is 0 Å². The highest BCUT2D eigenvalue weighted by atomic mass is 15.1. The second-order valence-electron chi connectivity index (χ2n) is 5.37. The number of guanidine groups is 1. The van der Waals surface area contributed by atoms with E-state index in [1.54, 1.807) is 0 Å². The van der Waals surface area contributed by atoms with E-state index in [1.165, 1.54) is 44.9 Å². The zero-order chi connectivity index (χ0) is 12.5. The highest BCUT2D eigenvalue weighted by Crippen LogP contribution is 2.28. The number of nitrogens with one attached hydrogen (secondary N) is 1. The Morgan fingerprint density at radius 3 is 2.71 bits per heavy atom. The van der Waals surface area contributed by atoms with E-state index >= 15 is 0 Å². The van der Waals surface area contributed by atoms with Gasteiger partial charge in [0.1, 0.15) is 0 Å². The maximum absolute atomic E-state index is 5.79. The van der Waals surface area contributed by atoms with E-state index in [4.69, 9.17) is 5.73 Å². The lowest BCUT2D eigenvalue weighted by atomic mass is 10.0. The molecule has 0 aliphatic heterocycles. The van der Waals surface area contributed by atoms with Gasteiger partial charge in [0.05, 0.1) is 0 Å². The predicted molar refractivity (Wildman–Crippen MR) is 75.2 cm³/mol. The fraction of sp³-hybridized carbons (Fsp3) is 0.929. The fourth-order valence-electron chi connectivity index (χ4n) is 2.44. The largest absolute Gasteiger partial charge is 0.370 e. The summed E-state index contributed by atoms with van der Waals surface area (Å²) < 4.78 is 0. The highest BCUT2D eigenvalue weighted by molar-refractivity contribution is 5.78. The molecule has 0 heterocycles. The summed E-state index contributed by atoms with van der Waals surface area (Å²) in [7, 11) is 0. The first-order chi connectivity index (χ1) is 8.22. The second-order valence-corrected chi connectivity index (χ2v) is 5.37. The van der Waals surface area contributed by atoms with E-state index in [9.17, 15) is 0 Å². The van der Waals surface area contributed by atoms with Gasteiger partial charge in [-0.15, -0.1) is 0 Å². The van der Waals surface area contributed by atoms with Crippen molar-refractivity contribution >= 4 is 5.96 Å². The number of nitrogens with two attached hydrogens (primary N) is 1. The molecule has 0 aromatic rings. The molecule has 1 aliphatic rings. The molecule has 1 aliphatic carbocycles. The van der Waals surface area contributed by atoms with Crippen LogP contribution in [0.15, 0.2) is 4.99 Å². The minimum absolute atomic E-state index is 0.428. The Balaban J connectivity index is 1.99. The monoisotopic (exact) mass is 239 g/mol. The van der Waals surface area contributed by atoms with Crippen LogP contribution in [0.3, 0.4) is 0 Å². The van der Waals surface area contributed by atoms with Crippen molar-refractivity contribution in [2.24, 2.45) is 16.6 Å². The van der Waals surface area contributed by atoms with Crippen LogP contribution in [0.2, 0.25) is 0 Å². The van der Waals surface area contributed by atoms with Gasteiger partial charge in [-0.25, -0.2) is 0 Å². The van der Waals surface area contributed by atoms with Gasteiger partial charge < -0.3 is 11.1 Å². The summed E-state index contributed by atoms with van der Waals surface area (Å²) in [5.74, 6) is 1.62. The topological polar surface area (TPSA) is 50.4 Å². The maximum Gasteiger partial charge on any atom is 0.188 e. The second kappa shape index (κ2) is 8.37. The van der Waals surface area contributed by atoms with Gasteiger partial charge in [-0.3, -0.25) is 4.99 Å². The lowest BCUT2D eigenvalue weighted by Gasteiger charge is -2.11. The molecule has 1 saturated carbocycles. The molecule has 1 fully saturated rings. The molecule has 1 atom stereocenters. The van der Waals surface area contributed by atoms with E-state index in [0.717, 1.165) is 18.9 Å². The Hall–Kier alpha value is -0.730. The Morgan fingerprint density at radius 2 is 2.06 bits per heavy atom. The first kappa shape index (κ1) is 14.3. The normalized spacial score (nSPS) is 19.5. The van der Waals surface area contributed by atoms with E-state index in [1.807, 2.05) is 0 Å². The Labute approximate surface area is 106 Å². The van der Waals surface area contributed by atoms with Gasteiger partial charge in [0.15, 0.2) is 5.96 Å². The third-order valence-electron chi connectivity index (χ3n) is 3.78. The number of aliphatic imine (C=N–C) groups is 1. The molecule has 1 rings (SSSR count). The van der Waals surface area contributed by atoms with Gasteiger partial charge in [-0.05, 0) is 25.7 Å². The van der Waals surface area contributed by atoms with E-state index in [-0.39, 0.29) is 0 Å². The lowest BCUT2D eigenvalue weighted by molar-refractivity contribution is 0.475. The number of unbranched alkanes of at least 4 members (excludes halogenated alkanes) is 1. The van der Waals surface area contributed by atoms with Crippen LogP contribution in [-0.2, 0) is 0 Å². The molecule has 1 unspecified atom stereocenters. The van der Waals surface area contributed by atoms with Crippen molar-refractivity contribution in [1.82, 2.24) is 5.32 Å². The first-order valence-corrected chi connectivity index (χ1v) is 7.28. The average molecular weight is 239 g/mol. The molecule has 3 heteroatoms. The Kier molecular flexibility index (Phi) is 7.06. The molecular formula is C14H29N3. The number of nitrogens with zero attached hydrogens (tertiary/aromatic N) is 1.